The van der Waals surface area contributed by atoms with E-state index in [0.717, 1.165) is 19.4 Å². The fraction of sp³-hybridized carbons (Fsp3) is 0.889. The fourth-order valence-corrected chi connectivity index (χ4v) is 3.38. The molecule has 0 aliphatic carbocycles. The molecule has 0 amide bonds. The summed E-state index contributed by atoms with van der Waals surface area (Å²) in [4.78, 5) is 10.7. The van der Waals surface area contributed by atoms with E-state index in [1.165, 1.54) is 6.92 Å². The third-order valence-corrected chi connectivity index (χ3v) is 4.69. The van der Waals surface area contributed by atoms with E-state index >= 15 is 0 Å². The predicted octanol–water partition coefficient (Wildman–Crippen LogP) is 0.132. The first-order chi connectivity index (χ1) is 6.52. The predicted molar refractivity (Wildman–Crippen MR) is 55.0 cm³/mol. The topological polar surface area (TPSA) is 63.2 Å². The molecule has 1 heterocycles. The highest BCUT2D eigenvalue weighted by Crippen LogP contribution is 2.13. The highest BCUT2D eigenvalue weighted by atomic mass is 32.2. The second-order valence-electron chi connectivity index (χ2n) is 3.79. The van der Waals surface area contributed by atoms with Gasteiger partial charge < -0.3 is 5.32 Å². The highest BCUT2D eigenvalue weighted by Gasteiger charge is 2.26. The van der Waals surface area contributed by atoms with Crippen LogP contribution in [0.25, 0.3) is 0 Å². The molecule has 0 aromatic heterocycles. The molecule has 1 unspecified atom stereocenters. The SMILES string of the molecule is CC(=O)CCS(=O)(=O)C1CCCNC1. The summed E-state index contributed by atoms with van der Waals surface area (Å²) in [6.07, 6.45) is 1.79. The van der Waals surface area contributed by atoms with Crippen molar-refractivity contribution in [1.82, 2.24) is 5.32 Å². The Kier molecular flexibility index (Phi) is 4.07. The molecule has 0 spiro atoms. The Morgan fingerprint density at radius 2 is 2.21 bits per heavy atom. The summed E-state index contributed by atoms with van der Waals surface area (Å²) >= 11 is 0. The Morgan fingerprint density at radius 3 is 2.71 bits per heavy atom. The second kappa shape index (κ2) is 4.89. The largest absolute Gasteiger partial charge is 0.315 e. The molecule has 1 N–H and O–H groups in total. The van der Waals surface area contributed by atoms with Crippen molar-refractivity contribution in [3.63, 3.8) is 0 Å². The van der Waals surface area contributed by atoms with Gasteiger partial charge in [-0.3, -0.25) is 4.79 Å². The van der Waals surface area contributed by atoms with Crippen LogP contribution in [0, 0.1) is 0 Å². The molecule has 82 valence electrons. The standard InChI is InChI=1S/C9H17NO3S/c1-8(11)4-6-14(12,13)9-3-2-5-10-7-9/h9-10H,2-7H2,1H3. The van der Waals surface area contributed by atoms with E-state index in [0.29, 0.717) is 6.54 Å². The van der Waals surface area contributed by atoms with Crippen molar-refractivity contribution in [2.45, 2.75) is 31.4 Å². The van der Waals surface area contributed by atoms with Gasteiger partial charge in [-0.25, -0.2) is 8.42 Å². The maximum absolute atomic E-state index is 11.7. The van der Waals surface area contributed by atoms with E-state index in [4.69, 9.17) is 0 Å². The van der Waals surface area contributed by atoms with Crippen molar-refractivity contribution in [3.05, 3.63) is 0 Å². The average Bonchev–Trinajstić information content (AvgIpc) is 2.16. The van der Waals surface area contributed by atoms with Crippen LogP contribution in [0.5, 0.6) is 0 Å². The Hall–Kier alpha value is -0.420. The minimum Gasteiger partial charge on any atom is -0.315 e. The first kappa shape index (κ1) is 11.7. The lowest BCUT2D eigenvalue weighted by molar-refractivity contribution is -0.116. The van der Waals surface area contributed by atoms with Gasteiger partial charge in [-0.1, -0.05) is 0 Å². The second-order valence-corrected chi connectivity index (χ2v) is 6.19. The van der Waals surface area contributed by atoms with Crippen molar-refractivity contribution >= 4 is 15.6 Å². The summed E-state index contributed by atoms with van der Waals surface area (Å²) in [6, 6.07) is 0. The van der Waals surface area contributed by atoms with Crippen LogP contribution in [0.3, 0.4) is 0 Å². The average molecular weight is 219 g/mol. The molecule has 1 aliphatic heterocycles. The van der Waals surface area contributed by atoms with Gasteiger partial charge in [0.05, 0.1) is 11.0 Å². The van der Waals surface area contributed by atoms with Crippen LogP contribution >= 0.6 is 0 Å². The van der Waals surface area contributed by atoms with Gasteiger partial charge in [0.15, 0.2) is 9.84 Å². The monoisotopic (exact) mass is 219 g/mol. The van der Waals surface area contributed by atoms with Gasteiger partial charge >= 0.3 is 0 Å². The molecule has 0 saturated carbocycles. The molecule has 14 heavy (non-hydrogen) atoms. The molecular weight excluding hydrogens is 202 g/mol. The molecule has 1 saturated heterocycles. The zero-order valence-corrected chi connectivity index (χ0v) is 9.27. The molecule has 0 radical (unpaired) electrons. The van der Waals surface area contributed by atoms with Crippen LogP contribution in [0.1, 0.15) is 26.2 Å². The Morgan fingerprint density at radius 1 is 1.50 bits per heavy atom. The molecule has 4 nitrogen and oxygen atoms in total. The third-order valence-electron chi connectivity index (χ3n) is 2.50. The summed E-state index contributed by atoms with van der Waals surface area (Å²) < 4.78 is 23.4. The number of carbonyl (C=O) groups is 1. The number of carbonyl (C=O) groups excluding carboxylic acids is 1. The first-order valence-corrected chi connectivity index (χ1v) is 6.65. The van der Waals surface area contributed by atoms with Crippen LogP contribution in [0.2, 0.25) is 0 Å². The highest BCUT2D eigenvalue weighted by molar-refractivity contribution is 7.92. The van der Waals surface area contributed by atoms with Crippen LogP contribution in [-0.2, 0) is 14.6 Å². The third kappa shape index (κ3) is 3.38. The molecule has 0 aromatic carbocycles. The van der Waals surface area contributed by atoms with Crippen LogP contribution in [-0.4, -0.2) is 38.3 Å². The van der Waals surface area contributed by atoms with Crippen LogP contribution in [0.4, 0.5) is 0 Å². The molecule has 1 rings (SSSR count). The lowest BCUT2D eigenvalue weighted by Gasteiger charge is -2.22. The summed E-state index contributed by atoms with van der Waals surface area (Å²) in [6.45, 7) is 2.87. The van der Waals surface area contributed by atoms with Gasteiger partial charge in [-0.15, -0.1) is 0 Å². The van der Waals surface area contributed by atoms with Gasteiger partial charge in [-0.05, 0) is 26.3 Å². The Labute approximate surface area is 85.0 Å². The van der Waals surface area contributed by atoms with E-state index in [1.54, 1.807) is 0 Å². The van der Waals surface area contributed by atoms with Crippen LogP contribution in [0.15, 0.2) is 0 Å². The Bertz CT molecular complexity index is 291. The number of hydrogen-bond acceptors (Lipinski definition) is 4. The van der Waals surface area contributed by atoms with E-state index in [-0.39, 0.29) is 23.2 Å². The lowest BCUT2D eigenvalue weighted by atomic mass is 10.2. The lowest BCUT2D eigenvalue weighted by Crippen LogP contribution is -2.40. The van der Waals surface area contributed by atoms with Gasteiger partial charge in [-0.2, -0.15) is 0 Å². The number of nitrogens with one attached hydrogen (secondary N) is 1. The summed E-state index contributed by atoms with van der Waals surface area (Å²) in [5.74, 6) is -0.0494. The zero-order chi connectivity index (χ0) is 10.6. The summed E-state index contributed by atoms with van der Waals surface area (Å²) in [5, 5.41) is 2.78. The van der Waals surface area contributed by atoms with E-state index in [1.807, 2.05) is 0 Å². The number of sulfone groups is 1. The van der Waals surface area contributed by atoms with E-state index in [9.17, 15) is 13.2 Å². The number of ketones is 1. The number of Topliss-reactive ketones (excluding diaryl/α,β-unsaturated/α-hetero) is 1. The number of piperidine rings is 1. The van der Waals surface area contributed by atoms with Gasteiger partial charge in [0.2, 0.25) is 0 Å². The van der Waals surface area contributed by atoms with Gasteiger partial charge in [0.25, 0.3) is 0 Å². The normalized spacial score (nSPS) is 23.4. The van der Waals surface area contributed by atoms with Crippen molar-refractivity contribution < 1.29 is 13.2 Å². The number of hydrogen-bond donors (Lipinski definition) is 1. The zero-order valence-electron chi connectivity index (χ0n) is 8.45. The summed E-state index contributed by atoms with van der Waals surface area (Å²) in [5.41, 5.74) is 0. The molecule has 5 heteroatoms. The van der Waals surface area contributed by atoms with E-state index < -0.39 is 9.84 Å². The molecule has 1 atom stereocenters. The molecule has 0 bridgehead atoms. The smallest absolute Gasteiger partial charge is 0.154 e. The minimum atomic E-state index is -3.06. The van der Waals surface area contributed by atoms with Crippen molar-refractivity contribution in [1.29, 1.82) is 0 Å². The minimum absolute atomic E-state index is 0.00861. The molecular formula is C9H17NO3S. The maximum atomic E-state index is 11.7. The fourth-order valence-electron chi connectivity index (χ4n) is 1.58. The van der Waals surface area contributed by atoms with Gasteiger partial charge in [0.1, 0.15) is 5.78 Å². The van der Waals surface area contributed by atoms with Crippen molar-refractivity contribution in [2.75, 3.05) is 18.8 Å². The molecule has 1 fully saturated rings. The number of rotatable bonds is 4. The van der Waals surface area contributed by atoms with E-state index in [2.05, 4.69) is 5.32 Å². The van der Waals surface area contributed by atoms with Crippen molar-refractivity contribution in [2.24, 2.45) is 0 Å². The maximum Gasteiger partial charge on any atom is 0.154 e. The molecule has 0 aromatic rings. The summed E-state index contributed by atoms with van der Waals surface area (Å²) in [7, 11) is -3.06. The van der Waals surface area contributed by atoms with Crippen LogP contribution < -0.4 is 5.32 Å². The Balaban J connectivity index is 2.50. The quantitative estimate of drug-likeness (QED) is 0.730. The first-order valence-electron chi connectivity index (χ1n) is 4.94. The molecule has 1 aliphatic rings. The van der Waals surface area contributed by atoms with Gasteiger partial charge in [0, 0.05) is 13.0 Å². The van der Waals surface area contributed by atoms with Crippen molar-refractivity contribution in [3.8, 4) is 0 Å².